The fourth-order valence-electron chi connectivity index (χ4n) is 2.51. The highest BCUT2D eigenvalue weighted by Crippen LogP contribution is 2.34. The van der Waals surface area contributed by atoms with Crippen molar-refractivity contribution in [2.75, 3.05) is 6.61 Å². The van der Waals surface area contributed by atoms with Gasteiger partial charge in [0.25, 0.3) is 0 Å². The average Bonchev–Trinajstić information content (AvgIpc) is 2.17. The van der Waals surface area contributed by atoms with Crippen molar-refractivity contribution >= 4 is 11.9 Å². The first-order valence-corrected chi connectivity index (χ1v) is 5.95. The lowest BCUT2D eigenvalue weighted by atomic mass is 9.75. The van der Waals surface area contributed by atoms with E-state index < -0.39 is 17.9 Å². The second-order valence-corrected chi connectivity index (χ2v) is 4.60. The molecule has 1 N–H and O–H groups in total. The van der Waals surface area contributed by atoms with Gasteiger partial charge in [0.15, 0.2) is 5.92 Å². The van der Waals surface area contributed by atoms with E-state index >= 15 is 0 Å². The number of hydrogen-bond acceptors (Lipinski definition) is 3. The number of ether oxygens (including phenoxy) is 1. The second kappa shape index (κ2) is 5.87. The maximum absolute atomic E-state index is 11.6. The first-order valence-electron chi connectivity index (χ1n) is 5.95. The Bertz CT molecular complexity index is 262. The quantitative estimate of drug-likeness (QED) is 0.591. The van der Waals surface area contributed by atoms with Crippen molar-refractivity contribution in [1.82, 2.24) is 0 Å². The van der Waals surface area contributed by atoms with Crippen molar-refractivity contribution in [3.8, 4) is 0 Å². The number of esters is 1. The highest BCUT2D eigenvalue weighted by Gasteiger charge is 2.37. The summed E-state index contributed by atoms with van der Waals surface area (Å²) < 4.78 is 4.83. The van der Waals surface area contributed by atoms with E-state index in [0.717, 1.165) is 25.7 Å². The van der Waals surface area contributed by atoms with E-state index in [-0.39, 0.29) is 12.5 Å². The van der Waals surface area contributed by atoms with E-state index in [1.54, 1.807) is 6.92 Å². The topological polar surface area (TPSA) is 63.6 Å². The van der Waals surface area contributed by atoms with Gasteiger partial charge in [-0.05, 0) is 31.6 Å². The third kappa shape index (κ3) is 3.22. The maximum Gasteiger partial charge on any atom is 0.320 e. The van der Waals surface area contributed by atoms with Gasteiger partial charge in [-0.25, -0.2) is 0 Å². The zero-order valence-corrected chi connectivity index (χ0v) is 9.94. The smallest absolute Gasteiger partial charge is 0.320 e. The van der Waals surface area contributed by atoms with E-state index in [1.165, 1.54) is 0 Å². The van der Waals surface area contributed by atoms with Crippen molar-refractivity contribution in [1.29, 1.82) is 0 Å². The van der Waals surface area contributed by atoms with Crippen LogP contribution in [0.4, 0.5) is 0 Å². The van der Waals surface area contributed by atoms with Crippen LogP contribution in [0.5, 0.6) is 0 Å². The summed E-state index contributed by atoms with van der Waals surface area (Å²) in [5.74, 6) is -2.13. The molecule has 0 aromatic heterocycles. The number of rotatable bonds is 4. The minimum absolute atomic E-state index is 0.0553. The molecule has 4 nitrogen and oxygen atoms in total. The summed E-state index contributed by atoms with van der Waals surface area (Å²) >= 11 is 0. The summed E-state index contributed by atoms with van der Waals surface area (Å²) in [6.07, 6.45) is 3.77. The largest absolute Gasteiger partial charge is 0.481 e. The number of carbonyl (C=O) groups is 2. The predicted molar refractivity (Wildman–Crippen MR) is 58.9 cm³/mol. The molecule has 1 aliphatic rings. The molecular formula is C12H20O4. The third-order valence-corrected chi connectivity index (χ3v) is 3.25. The van der Waals surface area contributed by atoms with E-state index in [4.69, 9.17) is 9.84 Å². The van der Waals surface area contributed by atoms with Crippen molar-refractivity contribution < 1.29 is 19.4 Å². The molecular weight excluding hydrogens is 208 g/mol. The maximum atomic E-state index is 11.6. The van der Waals surface area contributed by atoms with Gasteiger partial charge >= 0.3 is 11.9 Å². The number of carboxylic acid groups (broad SMARTS) is 1. The van der Waals surface area contributed by atoms with Gasteiger partial charge in [0.05, 0.1) is 6.61 Å². The minimum atomic E-state index is -1.04. The molecule has 0 bridgehead atoms. The lowest BCUT2D eigenvalue weighted by molar-refractivity contribution is -0.162. The summed E-state index contributed by atoms with van der Waals surface area (Å²) in [6.45, 7) is 4.04. The van der Waals surface area contributed by atoms with E-state index in [2.05, 4.69) is 6.92 Å². The van der Waals surface area contributed by atoms with Crippen LogP contribution in [0.25, 0.3) is 0 Å². The predicted octanol–water partition coefficient (Wildman–Crippen LogP) is 2.08. The molecule has 4 heteroatoms. The van der Waals surface area contributed by atoms with Crippen LogP contribution in [0, 0.1) is 17.8 Å². The number of carboxylic acids is 1. The first kappa shape index (κ1) is 13.0. The molecule has 0 amide bonds. The normalized spacial score (nSPS) is 27.1. The first-order chi connectivity index (χ1) is 7.56. The highest BCUT2D eigenvalue weighted by atomic mass is 16.5. The van der Waals surface area contributed by atoms with Crippen LogP contribution in [0.1, 0.15) is 39.5 Å². The Hall–Kier alpha value is -1.06. The Balaban J connectivity index is 2.68. The standard InChI is InChI=1S/C12H20O4/c1-3-16-12(15)10(11(13)14)9-6-4-5-8(2)7-9/h8-10H,3-7H2,1-2H3,(H,13,14). The molecule has 16 heavy (non-hydrogen) atoms. The van der Waals surface area contributed by atoms with Gasteiger partial charge in [0, 0.05) is 0 Å². The molecule has 0 aromatic carbocycles. The van der Waals surface area contributed by atoms with Crippen molar-refractivity contribution in [3.05, 3.63) is 0 Å². The molecule has 0 aliphatic heterocycles. The zero-order valence-electron chi connectivity index (χ0n) is 9.94. The summed E-state index contributed by atoms with van der Waals surface area (Å²) in [5.41, 5.74) is 0. The van der Waals surface area contributed by atoms with Gasteiger partial charge in [-0.3, -0.25) is 9.59 Å². The lowest BCUT2D eigenvalue weighted by Crippen LogP contribution is -2.35. The number of hydrogen-bond donors (Lipinski definition) is 1. The molecule has 0 saturated heterocycles. The molecule has 1 rings (SSSR count). The Kier molecular flexibility index (Phi) is 4.77. The van der Waals surface area contributed by atoms with E-state index in [9.17, 15) is 9.59 Å². The Morgan fingerprint density at radius 2 is 2.12 bits per heavy atom. The minimum Gasteiger partial charge on any atom is -0.481 e. The van der Waals surface area contributed by atoms with Gasteiger partial charge in [0.2, 0.25) is 0 Å². The van der Waals surface area contributed by atoms with Crippen molar-refractivity contribution in [3.63, 3.8) is 0 Å². The van der Waals surface area contributed by atoms with Crippen LogP contribution in [-0.2, 0) is 14.3 Å². The molecule has 3 atom stereocenters. The molecule has 1 saturated carbocycles. The molecule has 92 valence electrons. The average molecular weight is 228 g/mol. The van der Waals surface area contributed by atoms with Crippen LogP contribution in [0.2, 0.25) is 0 Å². The molecule has 3 unspecified atom stereocenters. The van der Waals surface area contributed by atoms with Crippen LogP contribution < -0.4 is 0 Å². The monoisotopic (exact) mass is 228 g/mol. The van der Waals surface area contributed by atoms with Crippen LogP contribution in [0.15, 0.2) is 0 Å². The van der Waals surface area contributed by atoms with Gasteiger partial charge < -0.3 is 9.84 Å². The van der Waals surface area contributed by atoms with Gasteiger partial charge in [-0.15, -0.1) is 0 Å². The second-order valence-electron chi connectivity index (χ2n) is 4.60. The van der Waals surface area contributed by atoms with E-state index in [0.29, 0.717) is 5.92 Å². The zero-order chi connectivity index (χ0) is 12.1. The summed E-state index contributed by atoms with van der Waals surface area (Å²) in [5, 5.41) is 9.11. The van der Waals surface area contributed by atoms with Gasteiger partial charge in [-0.2, -0.15) is 0 Å². The lowest BCUT2D eigenvalue weighted by Gasteiger charge is -2.29. The summed E-state index contributed by atoms with van der Waals surface area (Å²) in [7, 11) is 0. The molecule has 0 heterocycles. The Morgan fingerprint density at radius 1 is 1.44 bits per heavy atom. The molecule has 0 aromatic rings. The van der Waals surface area contributed by atoms with Crippen LogP contribution in [0.3, 0.4) is 0 Å². The van der Waals surface area contributed by atoms with Crippen molar-refractivity contribution in [2.24, 2.45) is 17.8 Å². The summed E-state index contributed by atoms with van der Waals surface area (Å²) in [4.78, 5) is 22.7. The Morgan fingerprint density at radius 3 is 2.62 bits per heavy atom. The fraction of sp³-hybridized carbons (Fsp3) is 0.833. The number of carbonyl (C=O) groups excluding carboxylic acids is 1. The van der Waals surface area contributed by atoms with Gasteiger partial charge in [-0.1, -0.05) is 19.8 Å². The van der Waals surface area contributed by atoms with Gasteiger partial charge in [0.1, 0.15) is 0 Å². The van der Waals surface area contributed by atoms with Crippen LogP contribution in [-0.4, -0.2) is 23.7 Å². The van der Waals surface area contributed by atoms with Crippen LogP contribution >= 0.6 is 0 Å². The fourth-order valence-corrected chi connectivity index (χ4v) is 2.51. The molecule has 1 aliphatic carbocycles. The molecule has 1 fully saturated rings. The highest BCUT2D eigenvalue weighted by molar-refractivity contribution is 5.94. The SMILES string of the molecule is CCOC(=O)C(C(=O)O)C1CCCC(C)C1. The summed E-state index contributed by atoms with van der Waals surface area (Å²) in [6, 6.07) is 0. The number of aliphatic carboxylic acids is 1. The molecule has 0 radical (unpaired) electrons. The van der Waals surface area contributed by atoms with E-state index in [1.807, 2.05) is 0 Å². The molecule has 0 spiro atoms. The Labute approximate surface area is 96.0 Å². The third-order valence-electron chi connectivity index (χ3n) is 3.25. The van der Waals surface area contributed by atoms with Crippen molar-refractivity contribution in [2.45, 2.75) is 39.5 Å².